The number of rotatable bonds is 4. The largest absolute Gasteiger partial charge is 0.465 e. The van der Waals surface area contributed by atoms with Crippen molar-refractivity contribution < 1.29 is 9.53 Å². The molecular formula is C18H21N3O2S2. The average molecular weight is 376 g/mol. The summed E-state index contributed by atoms with van der Waals surface area (Å²) in [6, 6.07) is 3.86. The van der Waals surface area contributed by atoms with Crippen LogP contribution < -0.4 is 10.6 Å². The Bertz CT molecular complexity index is 774. The highest BCUT2D eigenvalue weighted by Crippen LogP contribution is 2.39. The molecule has 1 atom stereocenters. The maximum atomic E-state index is 12.3. The number of nitrogens with zero attached hydrogens (tertiary/aromatic N) is 1. The molecule has 2 N–H and O–H groups in total. The van der Waals surface area contributed by atoms with Gasteiger partial charge in [-0.2, -0.15) is 0 Å². The number of hydrogen-bond donors (Lipinski definition) is 2. The van der Waals surface area contributed by atoms with E-state index in [0.717, 1.165) is 35.4 Å². The molecule has 1 aliphatic rings. The van der Waals surface area contributed by atoms with Gasteiger partial charge in [-0.15, -0.1) is 11.3 Å². The fraction of sp³-hybridized carbons (Fsp3) is 0.389. The number of nitrogens with one attached hydrogen (secondary N) is 2. The summed E-state index contributed by atoms with van der Waals surface area (Å²) in [6.45, 7) is 2.85. The van der Waals surface area contributed by atoms with Crippen molar-refractivity contribution in [2.75, 3.05) is 12.4 Å². The number of hydrogen-bond acceptors (Lipinski definition) is 5. The molecule has 0 spiro atoms. The summed E-state index contributed by atoms with van der Waals surface area (Å²) in [6.07, 6.45) is 6.51. The van der Waals surface area contributed by atoms with Crippen molar-refractivity contribution in [3.63, 3.8) is 0 Å². The van der Waals surface area contributed by atoms with Crippen molar-refractivity contribution in [1.29, 1.82) is 0 Å². The lowest BCUT2D eigenvalue weighted by Gasteiger charge is -2.18. The number of thiophene rings is 1. The second-order valence-electron chi connectivity index (χ2n) is 6.21. The Labute approximate surface area is 156 Å². The van der Waals surface area contributed by atoms with Crippen LogP contribution in [0.15, 0.2) is 24.5 Å². The summed E-state index contributed by atoms with van der Waals surface area (Å²) in [5.74, 6) is 0.341. The molecule has 0 bridgehead atoms. The average Bonchev–Trinajstić information content (AvgIpc) is 2.97. The smallest absolute Gasteiger partial charge is 0.341 e. The number of carbonyl (C=O) groups is 1. The van der Waals surface area contributed by atoms with Gasteiger partial charge in [0.05, 0.1) is 12.7 Å². The number of esters is 1. The molecule has 0 fully saturated rings. The molecule has 7 heteroatoms. The molecule has 5 nitrogen and oxygen atoms in total. The molecule has 0 saturated carbocycles. The fourth-order valence-corrected chi connectivity index (χ4v) is 4.63. The Hall–Kier alpha value is -1.99. The standard InChI is InChI=1S/C18H21N3O2S2/c1-11-3-4-13-14(9-11)25-16(15(13)17(22)23-2)21-18(24)20-10-12-5-7-19-8-6-12/h5-8,11H,3-4,9-10H2,1-2H3,(H2,20,21,24)/t11-/m0/s1. The van der Waals surface area contributed by atoms with Crippen LogP contribution >= 0.6 is 23.6 Å². The zero-order chi connectivity index (χ0) is 17.8. The van der Waals surface area contributed by atoms with E-state index in [0.29, 0.717) is 23.1 Å². The van der Waals surface area contributed by atoms with Crippen LogP contribution in [0.4, 0.5) is 5.00 Å². The van der Waals surface area contributed by atoms with Crippen molar-refractivity contribution >= 4 is 39.6 Å². The van der Waals surface area contributed by atoms with Crippen LogP contribution in [0.2, 0.25) is 0 Å². The third-order valence-corrected chi connectivity index (χ3v) is 5.75. The van der Waals surface area contributed by atoms with E-state index in [4.69, 9.17) is 17.0 Å². The molecule has 25 heavy (non-hydrogen) atoms. The lowest BCUT2D eigenvalue weighted by molar-refractivity contribution is 0.0601. The molecule has 1 aliphatic carbocycles. The van der Waals surface area contributed by atoms with Crippen molar-refractivity contribution in [2.45, 2.75) is 32.7 Å². The van der Waals surface area contributed by atoms with Crippen molar-refractivity contribution in [1.82, 2.24) is 10.3 Å². The van der Waals surface area contributed by atoms with Crippen LogP contribution in [0.5, 0.6) is 0 Å². The van der Waals surface area contributed by atoms with E-state index in [1.807, 2.05) is 12.1 Å². The number of aromatic nitrogens is 1. The molecule has 2 aromatic rings. The molecule has 0 unspecified atom stereocenters. The summed E-state index contributed by atoms with van der Waals surface area (Å²) in [4.78, 5) is 17.5. The van der Waals surface area contributed by atoms with Gasteiger partial charge in [0.25, 0.3) is 0 Å². The number of ether oxygens (including phenoxy) is 1. The second-order valence-corrected chi connectivity index (χ2v) is 7.72. The molecule has 0 aliphatic heterocycles. The Morgan fingerprint density at radius 2 is 2.20 bits per heavy atom. The van der Waals surface area contributed by atoms with Crippen molar-refractivity contribution in [3.05, 3.63) is 46.1 Å². The molecule has 132 valence electrons. The summed E-state index contributed by atoms with van der Waals surface area (Å²) in [7, 11) is 1.42. The Morgan fingerprint density at radius 3 is 2.92 bits per heavy atom. The van der Waals surface area contributed by atoms with E-state index in [-0.39, 0.29) is 5.97 Å². The first kappa shape index (κ1) is 17.8. The minimum Gasteiger partial charge on any atom is -0.465 e. The molecule has 0 saturated heterocycles. The highest BCUT2D eigenvalue weighted by Gasteiger charge is 2.28. The Morgan fingerprint density at radius 1 is 1.44 bits per heavy atom. The number of thiocarbonyl (C=S) groups is 1. The van der Waals surface area contributed by atoms with Gasteiger partial charge >= 0.3 is 5.97 Å². The van der Waals surface area contributed by atoms with Gasteiger partial charge in [-0.25, -0.2) is 4.79 Å². The van der Waals surface area contributed by atoms with Crippen LogP contribution in [0.3, 0.4) is 0 Å². The first-order valence-corrected chi connectivity index (χ1v) is 9.47. The molecule has 0 amide bonds. The van der Waals surface area contributed by atoms with E-state index in [1.165, 1.54) is 12.0 Å². The molecule has 2 heterocycles. The minimum absolute atomic E-state index is 0.300. The first-order valence-electron chi connectivity index (χ1n) is 8.25. The predicted molar refractivity (Wildman–Crippen MR) is 104 cm³/mol. The SMILES string of the molecule is COC(=O)c1c(NC(=S)NCc2ccncc2)sc2c1CC[C@H](C)C2. The zero-order valence-electron chi connectivity index (χ0n) is 14.3. The predicted octanol–water partition coefficient (Wildman–Crippen LogP) is 3.54. The Balaban J connectivity index is 1.75. The minimum atomic E-state index is -0.300. The van der Waals surface area contributed by atoms with Gasteiger partial charge in [0.2, 0.25) is 0 Å². The van der Waals surface area contributed by atoms with Gasteiger partial charge in [-0.3, -0.25) is 4.98 Å². The van der Waals surface area contributed by atoms with Gasteiger partial charge in [0, 0.05) is 23.8 Å². The van der Waals surface area contributed by atoms with E-state index in [2.05, 4.69) is 22.5 Å². The lowest BCUT2D eigenvalue weighted by atomic mass is 9.88. The van der Waals surface area contributed by atoms with Crippen LogP contribution in [0.25, 0.3) is 0 Å². The van der Waals surface area contributed by atoms with E-state index >= 15 is 0 Å². The molecule has 2 aromatic heterocycles. The molecule has 0 aromatic carbocycles. The number of pyridine rings is 1. The normalized spacial score (nSPS) is 16.0. The number of anilines is 1. The highest BCUT2D eigenvalue weighted by molar-refractivity contribution is 7.80. The van der Waals surface area contributed by atoms with Gasteiger partial charge < -0.3 is 15.4 Å². The first-order chi connectivity index (χ1) is 12.1. The van der Waals surface area contributed by atoms with E-state index < -0.39 is 0 Å². The summed E-state index contributed by atoms with van der Waals surface area (Å²) >= 11 is 7.01. The van der Waals surface area contributed by atoms with Crippen LogP contribution in [-0.2, 0) is 24.1 Å². The van der Waals surface area contributed by atoms with Gasteiger partial charge in [-0.05, 0) is 60.7 Å². The number of carbonyl (C=O) groups excluding carboxylic acids is 1. The van der Waals surface area contributed by atoms with Crippen LogP contribution in [0, 0.1) is 5.92 Å². The number of fused-ring (bicyclic) bond motifs is 1. The monoisotopic (exact) mass is 375 g/mol. The third-order valence-electron chi connectivity index (χ3n) is 4.33. The summed E-state index contributed by atoms with van der Waals surface area (Å²) < 4.78 is 5.00. The van der Waals surface area contributed by atoms with Gasteiger partial charge in [0.1, 0.15) is 5.00 Å². The van der Waals surface area contributed by atoms with E-state index in [9.17, 15) is 4.79 Å². The third kappa shape index (κ3) is 4.16. The van der Waals surface area contributed by atoms with Crippen LogP contribution in [0.1, 0.15) is 39.7 Å². The fourth-order valence-electron chi connectivity index (χ4n) is 2.99. The maximum Gasteiger partial charge on any atom is 0.341 e. The van der Waals surface area contributed by atoms with Gasteiger partial charge in [0.15, 0.2) is 5.11 Å². The van der Waals surface area contributed by atoms with Crippen molar-refractivity contribution in [3.8, 4) is 0 Å². The highest BCUT2D eigenvalue weighted by atomic mass is 32.1. The van der Waals surface area contributed by atoms with Crippen molar-refractivity contribution in [2.24, 2.45) is 5.92 Å². The maximum absolute atomic E-state index is 12.3. The van der Waals surface area contributed by atoms with E-state index in [1.54, 1.807) is 23.7 Å². The topological polar surface area (TPSA) is 63.2 Å². The molecule has 0 radical (unpaired) electrons. The lowest BCUT2D eigenvalue weighted by Crippen LogP contribution is -2.28. The zero-order valence-corrected chi connectivity index (χ0v) is 15.9. The quantitative estimate of drug-likeness (QED) is 0.630. The molecular weight excluding hydrogens is 354 g/mol. The van der Waals surface area contributed by atoms with Gasteiger partial charge in [-0.1, -0.05) is 6.92 Å². The summed E-state index contributed by atoms with van der Waals surface area (Å²) in [5, 5.41) is 7.63. The second kappa shape index (κ2) is 7.93. The molecule has 3 rings (SSSR count). The van der Waals surface area contributed by atoms with Crippen LogP contribution in [-0.4, -0.2) is 23.2 Å². The Kier molecular flexibility index (Phi) is 5.65. The summed E-state index contributed by atoms with van der Waals surface area (Å²) in [5.41, 5.74) is 2.85. The number of methoxy groups -OCH3 is 1.